The number of halogens is 1. The molecule has 0 amide bonds. The molecule has 0 fully saturated rings. The molecule has 0 saturated heterocycles. The minimum atomic E-state index is -0.106. The Morgan fingerprint density at radius 1 is 1.50 bits per heavy atom. The van der Waals surface area contributed by atoms with E-state index in [1.165, 1.54) is 0 Å². The third kappa shape index (κ3) is 1.84. The summed E-state index contributed by atoms with van der Waals surface area (Å²) in [5.74, 6) is 0.0518. The van der Waals surface area contributed by atoms with Gasteiger partial charge in [0.05, 0.1) is 0 Å². The first-order valence-corrected chi connectivity index (χ1v) is 4.26. The van der Waals surface area contributed by atoms with E-state index in [1.807, 2.05) is 26.0 Å². The Morgan fingerprint density at radius 2 is 2.17 bits per heavy atom. The van der Waals surface area contributed by atoms with E-state index in [0.717, 1.165) is 17.5 Å². The topological polar surface area (TPSA) is 0 Å². The fourth-order valence-corrected chi connectivity index (χ4v) is 1.16. The van der Waals surface area contributed by atoms with Crippen LogP contribution < -0.4 is 0 Å². The van der Waals surface area contributed by atoms with Crippen molar-refractivity contribution in [2.75, 3.05) is 0 Å². The van der Waals surface area contributed by atoms with E-state index in [0.29, 0.717) is 0 Å². The average molecular weight is 165 g/mol. The van der Waals surface area contributed by atoms with E-state index in [-0.39, 0.29) is 11.7 Å². The van der Waals surface area contributed by atoms with Crippen LogP contribution in [0.5, 0.6) is 0 Å². The van der Waals surface area contributed by atoms with Gasteiger partial charge >= 0.3 is 0 Å². The maximum Gasteiger partial charge on any atom is 0.126 e. The number of rotatable bonds is 2. The lowest BCUT2D eigenvalue weighted by molar-refractivity contribution is 0.609. The van der Waals surface area contributed by atoms with Crippen molar-refractivity contribution in [3.8, 4) is 0 Å². The highest BCUT2D eigenvalue weighted by Gasteiger charge is 2.03. The highest BCUT2D eigenvalue weighted by molar-refractivity contribution is 5.27. The lowest BCUT2D eigenvalue weighted by atomic mass is 10.0. The monoisotopic (exact) mass is 165 g/mol. The molecule has 0 saturated carbocycles. The summed E-state index contributed by atoms with van der Waals surface area (Å²) < 4.78 is 13.2. The molecule has 0 aliphatic heterocycles. The van der Waals surface area contributed by atoms with Crippen molar-refractivity contribution >= 4 is 0 Å². The summed E-state index contributed by atoms with van der Waals surface area (Å²) in [7, 11) is 0. The van der Waals surface area contributed by atoms with Crippen molar-refractivity contribution < 1.29 is 4.39 Å². The SMILES string of the molecule is [CH2]C(C)c1ccc(CC)c(F)c1. The van der Waals surface area contributed by atoms with Crippen molar-refractivity contribution in [3.63, 3.8) is 0 Å². The van der Waals surface area contributed by atoms with Crippen LogP contribution in [0.1, 0.15) is 30.9 Å². The van der Waals surface area contributed by atoms with Gasteiger partial charge in [-0.2, -0.15) is 0 Å². The molecule has 12 heavy (non-hydrogen) atoms. The van der Waals surface area contributed by atoms with Crippen LogP contribution >= 0.6 is 0 Å². The van der Waals surface area contributed by atoms with Gasteiger partial charge in [0.15, 0.2) is 0 Å². The molecule has 1 aromatic rings. The molecule has 1 aromatic carbocycles. The summed E-state index contributed by atoms with van der Waals surface area (Å²) in [6.45, 7) is 7.75. The van der Waals surface area contributed by atoms with Crippen LogP contribution in [0, 0.1) is 12.7 Å². The van der Waals surface area contributed by atoms with Gasteiger partial charge in [-0.25, -0.2) is 4.39 Å². The summed E-state index contributed by atoms with van der Waals surface area (Å²) in [6, 6.07) is 5.36. The largest absolute Gasteiger partial charge is 0.207 e. The zero-order valence-corrected chi connectivity index (χ0v) is 7.60. The molecule has 0 heterocycles. The third-order valence-electron chi connectivity index (χ3n) is 2.03. The first-order chi connectivity index (χ1) is 5.65. The maximum absolute atomic E-state index is 13.2. The van der Waals surface area contributed by atoms with Crippen molar-refractivity contribution in [2.45, 2.75) is 26.2 Å². The smallest absolute Gasteiger partial charge is 0.126 e. The quantitative estimate of drug-likeness (QED) is 0.630. The van der Waals surface area contributed by atoms with Gasteiger partial charge in [0.25, 0.3) is 0 Å². The van der Waals surface area contributed by atoms with Gasteiger partial charge in [0.2, 0.25) is 0 Å². The summed E-state index contributed by atoms with van der Waals surface area (Å²) in [4.78, 5) is 0. The number of aryl methyl sites for hydroxylation is 1. The van der Waals surface area contributed by atoms with E-state index in [1.54, 1.807) is 6.07 Å². The first-order valence-electron chi connectivity index (χ1n) is 4.26. The van der Waals surface area contributed by atoms with E-state index in [9.17, 15) is 4.39 Å². The van der Waals surface area contributed by atoms with Crippen molar-refractivity contribution in [2.24, 2.45) is 0 Å². The fourth-order valence-electron chi connectivity index (χ4n) is 1.16. The van der Waals surface area contributed by atoms with E-state index in [2.05, 4.69) is 6.92 Å². The van der Waals surface area contributed by atoms with Crippen LogP contribution in [0.4, 0.5) is 4.39 Å². The molecule has 0 aromatic heterocycles. The molecule has 0 N–H and O–H groups in total. The molecule has 1 radical (unpaired) electrons. The second kappa shape index (κ2) is 3.70. The zero-order chi connectivity index (χ0) is 9.14. The van der Waals surface area contributed by atoms with Gasteiger partial charge in [0.1, 0.15) is 5.82 Å². The Hall–Kier alpha value is -0.850. The Kier molecular flexibility index (Phi) is 2.85. The molecule has 1 rings (SSSR count). The van der Waals surface area contributed by atoms with Crippen molar-refractivity contribution in [3.05, 3.63) is 42.1 Å². The van der Waals surface area contributed by atoms with Crippen LogP contribution in [-0.4, -0.2) is 0 Å². The van der Waals surface area contributed by atoms with E-state index >= 15 is 0 Å². The normalized spacial score (nSPS) is 10.8. The molecule has 1 atom stereocenters. The van der Waals surface area contributed by atoms with Gasteiger partial charge in [-0.1, -0.05) is 26.0 Å². The molecule has 0 aliphatic rings. The van der Waals surface area contributed by atoms with Crippen LogP contribution in [0.2, 0.25) is 0 Å². The van der Waals surface area contributed by atoms with Crippen LogP contribution in [0.3, 0.4) is 0 Å². The van der Waals surface area contributed by atoms with Gasteiger partial charge in [0, 0.05) is 0 Å². The summed E-state index contributed by atoms with van der Waals surface area (Å²) >= 11 is 0. The number of hydrogen-bond acceptors (Lipinski definition) is 0. The standard InChI is InChI=1S/C11H14F/c1-4-9-5-6-10(8(2)3)7-11(9)12/h5-8H,2,4H2,1,3H3. The second-order valence-corrected chi connectivity index (χ2v) is 3.11. The van der Waals surface area contributed by atoms with Gasteiger partial charge < -0.3 is 0 Å². The lowest BCUT2D eigenvalue weighted by Gasteiger charge is -2.06. The summed E-state index contributed by atoms with van der Waals surface area (Å²) in [6.07, 6.45) is 0.748. The fraction of sp³-hybridized carbons (Fsp3) is 0.364. The number of hydrogen-bond donors (Lipinski definition) is 0. The van der Waals surface area contributed by atoms with E-state index in [4.69, 9.17) is 0 Å². The van der Waals surface area contributed by atoms with Crippen LogP contribution in [0.15, 0.2) is 18.2 Å². The van der Waals surface area contributed by atoms with Gasteiger partial charge in [-0.15, -0.1) is 0 Å². The Morgan fingerprint density at radius 3 is 2.58 bits per heavy atom. The second-order valence-electron chi connectivity index (χ2n) is 3.11. The minimum absolute atomic E-state index is 0.106. The lowest BCUT2D eigenvalue weighted by Crippen LogP contribution is -1.93. The molecule has 0 nitrogen and oxygen atoms in total. The molecular weight excluding hydrogens is 151 g/mol. The third-order valence-corrected chi connectivity index (χ3v) is 2.03. The molecule has 0 aliphatic carbocycles. The average Bonchev–Trinajstić information content (AvgIpc) is 2.04. The van der Waals surface area contributed by atoms with Crippen molar-refractivity contribution in [1.82, 2.24) is 0 Å². The zero-order valence-electron chi connectivity index (χ0n) is 7.60. The van der Waals surface area contributed by atoms with E-state index < -0.39 is 0 Å². The maximum atomic E-state index is 13.2. The highest BCUT2D eigenvalue weighted by atomic mass is 19.1. The molecule has 1 heteroatoms. The molecule has 1 unspecified atom stereocenters. The van der Waals surface area contributed by atoms with Gasteiger partial charge in [-0.05, 0) is 36.5 Å². The predicted octanol–water partition coefficient (Wildman–Crippen LogP) is 3.33. The van der Waals surface area contributed by atoms with Crippen LogP contribution in [0.25, 0.3) is 0 Å². The summed E-state index contributed by atoms with van der Waals surface area (Å²) in [5.41, 5.74) is 1.74. The Balaban J connectivity index is 3.02. The summed E-state index contributed by atoms with van der Waals surface area (Å²) in [5, 5.41) is 0. The predicted molar refractivity (Wildman–Crippen MR) is 49.6 cm³/mol. The van der Waals surface area contributed by atoms with Crippen LogP contribution in [-0.2, 0) is 6.42 Å². The number of benzene rings is 1. The Bertz CT molecular complexity index is 264. The van der Waals surface area contributed by atoms with Crippen molar-refractivity contribution in [1.29, 1.82) is 0 Å². The minimum Gasteiger partial charge on any atom is -0.207 e. The first kappa shape index (κ1) is 9.24. The van der Waals surface area contributed by atoms with Gasteiger partial charge in [-0.3, -0.25) is 0 Å². The molecule has 0 spiro atoms. The molecule has 65 valence electrons. The highest BCUT2D eigenvalue weighted by Crippen LogP contribution is 2.17. The Labute approximate surface area is 73.4 Å². The molecular formula is C11H14F. The molecule has 0 bridgehead atoms.